The van der Waals surface area contributed by atoms with Crippen molar-refractivity contribution in [1.29, 1.82) is 0 Å². The zero-order valence-electron chi connectivity index (χ0n) is 11.1. The third kappa shape index (κ3) is 3.30. The first-order valence-corrected chi connectivity index (χ1v) is 6.80. The molecule has 112 valence electrons. The van der Waals surface area contributed by atoms with Gasteiger partial charge in [0.05, 0.1) is 4.92 Å². The lowest BCUT2D eigenvalue weighted by Crippen LogP contribution is -2.41. The maximum atomic E-state index is 12.4. The third-order valence-electron chi connectivity index (χ3n) is 3.57. The summed E-state index contributed by atoms with van der Waals surface area (Å²) >= 11 is 5.81. The minimum absolute atomic E-state index is 0.0370. The van der Waals surface area contributed by atoms with Gasteiger partial charge in [0.2, 0.25) is 5.91 Å². The van der Waals surface area contributed by atoms with Crippen LogP contribution in [0.4, 0.5) is 5.69 Å². The lowest BCUT2D eigenvalue weighted by molar-refractivity contribution is -0.385. The van der Waals surface area contributed by atoms with E-state index in [1.54, 1.807) is 0 Å². The molecule has 8 heteroatoms. The number of rotatable bonds is 3. The molecule has 1 aromatic rings. The minimum Gasteiger partial charge on any atom is -0.369 e. The summed E-state index contributed by atoms with van der Waals surface area (Å²) in [5.41, 5.74) is 4.92. The number of nitro benzene ring substituents is 1. The summed E-state index contributed by atoms with van der Waals surface area (Å²) < 4.78 is 0. The molecule has 2 N–H and O–H groups in total. The molecule has 0 aliphatic carbocycles. The van der Waals surface area contributed by atoms with E-state index < -0.39 is 10.8 Å². The number of hydrogen-bond acceptors (Lipinski definition) is 4. The SMILES string of the molecule is NC(=O)C1CCN(C(=O)c2cc(Cl)ccc2[N+](=O)[O-])CC1. The number of halogens is 1. The van der Waals surface area contributed by atoms with Crippen molar-refractivity contribution >= 4 is 29.1 Å². The number of carbonyl (C=O) groups excluding carboxylic acids is 2. The Kier molecular flexibility index (Phi) is 4.42. The highest BCUT2D eigenvalue weighted by Crippen LogP contribution is 2.26. The molecule has 1 aromatic carbocycles. The van der Waals surface area contributed by atoms with Crippen LogP contribution in [0.2, 0.25) is 5.02 Å². The molecule has 0 radical (unpaired) electrons. The Hall–Kier alpha value is -2.15. The molecule has 2 rings (SSSR count). The molecule has 1 aliphatic rings. The molecular formula is C13H14ClN3O4. The van der Waals surface area contributed by atoms with E-state index in [4.69, 9.17) is 17.3 Å². The van der Waals surface area contributed by atoms with E-state index in [9.17, 15) is 19.7 Å². The van der Waals surface area contributed by atoms with Crippen molar-refractivity contribution in [2.75, 3.05) is 13.1 Å². The van der Waals surface area contributed by atoms with Gasteiger partial charge in [-0.05, 0) is 25.0 Å². The maximum Gasteiger partial charge on any atom is 0.282 e. The van der Waals surface area contributed by atoms with Crippen molar-refractivity contribution in [3.63, 3.8) is 0 Å². The molecule has 0 atom stereocenters. The maximum absolute atomic E-state index is 12.4. The highest BCUT2D eigenvalue weighted by Gasteiger charge is 2.30. The van der Waals surface area contributed by atoms with Crippen LogP contribution in [-0.4, -0.2) is 34.7 Å². The molecule has 1 aliphatic heterocycles. The van der Waals surface area contributed by atoms with Gasteiger partial charge in [-0.3, -0.25) is 19.7 Å². The van der Waals surface area contributed by atoms with Crippen LogP contribution in [0.3, 0.4) is 0 Å². The summed E-state index contributed by atoms with van der Waals surface area (Å²) in [6.45, 7) is 0.687. The van der Waals surface area contributed by atoms with Gasteiger partial charge in [-0.25, -0.2) is 0 Å². The minimum atomic E-state index is -0.611. The normalized spacial score (nSPS) is 15.8. The lowest BCUT2D eigenvalue weighted by atomic mass is 9.95. The highest BCUT2D eigenvalue weighted by atomic mass is 35.5. The number of benzene rings is 1. The van der Waals surface area contributed by atoms with Crippen molar-refractivity contribution in [3.05, 3.63) is 38.9 Å². The van der Waals surface area contributed by atoms with Crippen molar-refractivity contribution < 1.29 is 14.5 Å². The van der Waals surface area contributed by atoms with Gasteiger partial charge in [0.25, 0.3) is 11.6 Å². The van der Waals surface area contributed by atoms with E-state index in [1.165, 1.54) is 23.1 Å². The van der Waals surface area contributed by atoms with Gasteiger partial charge in [-0.2, -0.15) is 0 Å². The molecule has 0 bridgehead atoms. The Morgan fingerprint density at radius 3 is 2.48 bits per heavy atom. The first kappa shape index (κ1) is 15.2. The van der Waals surface area contributed by atoms with Crippen molar-refractivity contribution in [2.24, 2.45) is 11.7 Å². The van der Waals surface area contributed by atoms with Gasteiger partial charge in [-0.15, -0.1) is 0 Å². The van der Waals surface area contributed by atoms with E-state index in [2.05, 4.69) is 0 Å². The number of piperidine rings is 1. The molecule has 1 saturated heterocycles. The molecule has 7 nitrogen and oxygen atoms in total. The van der Waals surface area contributed by atoms with Crippen LogP contribution in [0.25, 0.3) is 0 Å². The highest BCUT2D eigenvalue weighted by molar-refractivity contribution is 6.31. The predicted molar refractivity (Wildman–Crippen MR) is 75.9 cm³/mol. The molecule has 0 saturated carbocycles. The van der Waals surface area contributed by atoms with Crippen LogP contribution in [0.15, 0.2) is 18.2 Å². The largest absolute Gasteiger partial charge is 0.369 e. The molecule has 0 spiro atoms. The Labute approximate surface area is 125 Å². The van der Waals surface area contributed by atoms with E-state index in [0.717, 1.165) is 0 Å². The Balaban J connectivity index is 2.20. The van der Waals surface area contributed by atoms with Gasteiger partial charge in [0.1, 0.15) is 5.56 Å². The number of nitro groups is 1. The molecular weight excluding hydrogens is 298 g/mol. The van der Waals surface area contributed by atoms with E-state index in [1.807, 2.05) is 0 Å². The van der Waals surface area contributed by atoms with Gasteiger partial charge in [0, 0.05) is 30.1 Å². The fraction of sp³-hybridized carbons (Fsp3) is 0.385. The van der Waals surface area contributed by atoms with Crippen LogP contribution in [0, 0.1) is 16.0 Å². The topological polar surface area (TPSA) is 107 Å². The number of likely N-dealkylation sites (tertiary alicyclic amines) is 1. The number of nitrogens with zero attached hydrogens (tertiary/aromatic N) is 2. The summed E-state index contributed by atoms with van der Waals surface area (Å²) in [6, 6.07) is 3.88. The van der Waals surface area contributed by atoms with Crippen molar-refractivity contribution in [2.45, 2.75) is 12.8 Å². The second-order valence-electron chi connectivity index (χ2n) is 4.89. The molecule has 1 fully saturated rings. The van der Waals surface area contributed by atoms with Gasteiger partial charge in [-0.1, -0.05) is 11.6 Å². The summed E-state index contributed by atoms with van der Waals surface area (Å²) in [4.78, 5) is 35.4. The molecule has 1 heterocycles. The van der Waals surface area contributed by atoms with E-state index in [-0.39, 0.29) is 28.1 Å². The smallest absolute Gasteiger partial charge is 0.282 e. The first-order chi connectivity index (χ1) is 9.90. The van der Waals surface area contributed by atoms with Crippen LogP contribution in [-0.2, 0) is 4.79 Å². The van der Waals surface area contributed by atoms with Crippen molar-refractivity contribution in [1.82, 2.24) is 4.90 Å². The number of primary amides is 1. The second-order valence-corrected chi connectivity index (χ2v) is 5.32. The summed E-state index contributed by atoms with van der Waals surface area (Å²) in [7, 11) is 0. The van der Waals surface area contributed by atoms with Crippen LogP contribution >= 0.6 is 11.6 Å². The number of amides is 2. The fourth-order valence-corrected chi connectivity index (χ4v) is 2.55. The summed E-state index contributed by atoms with van der Waals surface area (Å²) in [5, 5.41) is 11.3. The Morgan fingerprint density at radius 1 is 1.33 bits per heavy atom. The zero-order chi connectivity index (χ0) is 15.6. The molecule has 21 heavy (non-hydrogen) atoms. The Morgan fingerprint density at radius 2 is 1.95 bits per heavy atom. The third-order valence-corrected chi connectivity index (χ3v) is 3.81. The summed E-state index contributed by atoms with van der Waals surface area (Å²) in [5.74, 6) is -1.08. The van der Waals surface area contributed by atoms with Gasteiger partial charge < -0.3 is 10.6 Å². The number of hydrogen-bond donors (Lipinski definition) is 1. The van der Waals surface area contributed by atoms with Crippen LogP contribution in [0.5, 0.6) is 0 Å². The fourth-order valence-electron chi connectivity index (χ4n) is 2.38. The summed E-state index contributed by atoms with van der Waals surface area (Å²) in [6.07, 6.45) is 0.935. The first-order valence-electron chi connectivity index (χ1n) is 6.42. The molecule has 0 unspecified atom stereocenters. The quantitative estimate of drug-likeness (QED) is 0.675. The number of nitrogens with two attached hydrogens (primary N) is 1. The van der Waals surface area contributed by atoms with Crippen LogP contribution in [0.1, 0.15) is 23.2 Å². The lowest BCUT2D eigenvalue weighted by Gasteiger charge is -2.30. The predicted octanol–water partition coefficient (Wildman–Crippen LogP) is 1.59. The van der Waals surface area contributed by atoms with E-state index in [0.29, 0.717) is 25.9 Å². The van der Waals surface area contributed by atoms with Gasteiger partial charge in [0.15, 0.2) is 0 Å². The number of carbonyl (C=O) groups is 2. The standard InChI is InChI=1S/C13H14ClN3O4/c14-9-1-2-11(17(20)21)10(7-9)13(19)16-5-3-8(4-6-16)12(15)18/h1-2,7-8H,3-6H2,(H2,15,18). The Bertz CT molecular complexity index is 597. The monoisotopic (exact) mass is 311 g/mol. The van der Waals surface area contributed by atoms with E-state index >= 15 is 0 Å². The zero-order valence-corrected chi connectivity index (χ0v) is 11.9. The second kappa shape index (κ2) is 6.09. The molecule has 0 aromatic heterocycles. The van der Waals surface area contributed by atoms with Gasteiger partial charge >= 0.3 is 0 Å². The van der Waals surface area contributed by atoms with Crippen LogP contribution < -0.4 is 5.73 Å². The average Bonchev–Trinajstić information content (AvgIpc) is 2.46. The van der Waals surface area contributed by atoms with Crippen molar-refractivity contribution in [3.8, 4) is 0 Å². The average molecular weight is 312 g/mol. The molecule has 2 amide bonds.